The second-order valence-corrected chi connectivity index (χ2v) is 6.92. The molecular weight excluding hydrogens is 328 g/mol. The molecule has 2 amide bonds. The van der Waals surface area contributed by atoms with E-state index < -0.39 is 17.6 Å². The molecule has 0 fully saturated rings. The predicted molar refractivity (Wildman–Crippen MR) is 94.3 cm³/mol. The van der Waals surface area contributed by atoms with Crippen LogP contribution in [-0.4, -0.2) is 23.9 Å². The van der Waals surface area contributed by atoms with Gasteiger partial charge in [0.25, 0.3) is 5.91 Å². The molecule has 0 bridgehead atoms. The van der Waals surface area contributed by atoms with Gasteiger partial charge in [-0.05, 0) is 49.9 Å². The van der Waals surface area contributed by atoms with Gasteiger partial charge in [-0.25, -0.2) is 4.79 Å². The van der Waals surface area contributed by atoms with Crippen molar-refractivity contribution in [3.63, 3.8) is 0 Å². The molecule has 1 aromatic carbocycles. The van der Waals surface area contributed by atoms with E-state index in [4.69, 9.17) is 4.74 Å². The summed E-state index contributed by atoms with van der Waals surface area (Å²) >= 11 is 1.54. The Morgan fingerprint density at radius 1 is 1.12 bits per heavy atom. The molecule has 0 saturated carbocycles. The zero-order chi connectivity index (χ0) is 17.7. The van der Waals surface area contributed by atoms with Gasteiger partial charge in [-0.2, -0.15) is 0 Å². The third-order valence-corrected chi connectivity index (χ3v) is 3.74. The standard InChI is InChI=1S/C17H18N2O4S/c1-17(2,3)23-16(22)19-12-7-6-11(14-5-4-8-24-14)9-13(12)18-15(21)10-20/h4-10H,1-3H3,(H,18,21)(H,19,22). The Morgan fingerprint density at radius 3 is 2.46 bits per heavy atom. The Morgan fingerprint density at radius 2 is 1.88 bits per heavy atom. The normalized spacial score (nSPS) is 10.8. The number of benzene rings is 1. The molecule has 0 radical (unpaired) electrons. The van der Waals surface area contributed by atoms with E-state index in [1.807, 2.05) is 23.6 Å². The highest BCUT2D eigenvalue weighted by molar-refractivity contribution is 7.13. The number of aldehydes is 1. The fourth-order valence-electron chi connectivity index (χ4n) is 1.93. The van der Waals surface area contributed by atoms with Crippen LogP contribution in [-0.2, 0) is 14.3 Å². The maximum absolute atomic E-state index is 11.9. The second-order valence-electron chi connectivity index (χ2n) is 5.97. The Hall–Kier alpha value is -2.67. The van der Waals surface area contributed by atoms with Crippen LogP contribution >= 0.6 is 11.3 Å². The van der Waals surface area contributed by atoms with Crippen LogP contribution in [0.5, 0.6) is 0 Å². The predicted octanol–water partition coefficient (Wildman–Crippen LogP) is 3.90. The molecule has 0 aliphatic rings. The van der Waals surface area contributed by atoms with E-state index in [2.05, 4.69) is 10.6 Å². The number of rotatable bonds is 4. The fraction of sp³-hybridized carbons (Fsp3) is 0.235. The molecule has 1 aromatic heterocycles. The summed E-state index contributed by atoms with van der Waals surface area (Å²) in [6.45, 7) is 5.25. The molecule has 24 heavy (non-hydrogen) atoms. The minimum absolute atomic E-state index is 0.176. The monoisotopic (exact) mass is 346 g/mol. The maximum atomic E-state index is 11.9. The molecule has 0 aliphatic heterocycles. The van der Waals surface area contributed by atoms with Crippen molar-refractivity contribution in [1.29, 1.82) is 0 Å². The number of carbonyl (C=O) groups excluding carboxylic acids is 3. The quantitative estimate of drug-likeness (QED) is 0.649. The van der Waals surface area contributed by atoms with Crippen LogP contribution in [0.1, 0.15) is 20.8 Å². The number of hydrogen-bond donors (Lipinski definition) is 2. The van der Waals surface area contributed by atoms with E-state index in [0.29, 0.717) is 11.4 Å². The third-order valence-electron chi connectivity index (χ3n) is 2.83. The Bertz CT molecular complexity index is 748. The van der Waals surface area contributed by atoms with E-state index in [9.17, 15) is 14.4 Å². The van der Waals surface area contributed by atoms with Gasteiger partial charge in [0.1, 0.15) is 5.60 Å². The van der Waals surface area contributed by atoms with Gasteiger partial charge >= 0.3 is 6.09 Å². The van der Waals surface area contributed by atoms with Crippen LogP contribution in [0.2, 0.25) is 0 Å². The van der Waals surface area contributed by atoms with Crippen LogP contribution in [0.4, 0.5) is 16.2 Å². The van der Waals surface area contributed by atoms with Gasteiger partial charge in [0, 0.05) is 4.88 Å². The van der Waals surface area contributed by atoms with Gasteiger partial charge in [-0.15, -0.1) is 11.3 Å². The zero-order valence-corrected chi connectivity index (χ0v) is 14.4. The smallest absolute Gasteiger partial charge is 0.412 e. The first kappa shape index (κ1) is 17.7. The van der Waals surface area contributed by atoms with Gasteiger partial charge < -0.3 is 10.1 Å². The van der Waals surface area contributed by atoms with Crippen LogP contribution in [0, 0.1) is 0 Å². The number of ether oxygens (including phenoxy) is 1. The van der Waals surface area contributed by atoms with Gasteiger partial charge in [-0.1, -0.05) is 12.1 Å². The molecule has 0 spiro atoms. The number of hydrogen-bond acceptors (Lipinski definition) is 5. The summed E-state index contributed by atoms with van der Waals surface area (Å²) < 4.78 is 5.20. The highest BCUT2D eigenvalue weighted by Gasteiger charge is 2.18. The Balaban J connectivity index is 2.30. The average Bonchev–Trinajstić information content (AvgIpc) is 3.01. The van der Waals surface area contributed by atoms with Crippen molar-refractivity contribution >= 4 is 41.0 Å². The fourth-order valence-corrected chi connectivity index (χ4v) is 2.65. The summed E-state index contributed by atoms with van der Waals surface area (Å²) in [6.07, 6.45) is -0.470. The van der Waals surface area contributed by atoms with E-state index in [-0.39, 0.29) is 6.29 Å². The van der Waals surface area contributed by atoms with Crippen LogP contribution in [0.15, 0.2) is 35.7 Å². The van der Waals surface area contributed by atoms with Crippen molar-refractivity contribution in [2.75, 3.05) is 10.6 Å². The summed E-state index contributed by atoms with van der Waals surface area (Å²) in [6, 6.07) is 9.01. The molecule has 2 N–H and O–H groups in total. The lowest BCUT2D eigenvalue weighted by Crippen LogP contribution is -2.27. The summed E-state index contributed by atoms with van der Waals surface area (Å²) in [5, 5.41) is 6.98. The average molecular weight is 346 g/mol. The molecule has 2 rings (SSSR count). The highest BCUT2D eigenvalue weighted by atomic mass is 32.1. The van der Waals surface area contributed by atoms with Crippen molar-refractivity contribution in [2.24, 2.45) is 0 Å². The van der Waals surface area contributed by atoms with Crippen LogP contribution < -0.4 is 10.6 Å². The number of amides is 2. The van der Waals surface area contributed by atoms with Crippen molar-refractivity contribution in [3.8, 4) is 10.4 Å². The van der Waals surface area contributed by atoms with Gasteiger partial charge in [0.05, 0.1) is 11.4 Å². The largest absolute Gasteiger partial charge is 0.444 e. The lowest BCUT2D eigenvalue weighted by atomic mass is 10.1. The zero-order valence-electron chi connectivity index (χ0n) is 13.6. The number of nitrogens with one attached hydrogen (secondary N) is 2. The van der Waals surface area contributed by atoms with E-state index in [1.165, 1.54) is 0 Å². The molecule has 7 heteroatoms. The first-order chi connectivity index (χ1) is 11.3. The summed E-state index contributed by atoms with van der Waals surface area (Å²) in [5.41, 5.74) is 0.886. The third kappa shape index (κ3) is 4.92. The van der Waals surface area contributed by atoms with E-state index in [0.717, 1.165) is 10.4 Å². The van der Waals surface area contributed by atoms with Crippen molar-refractivity contribution in [1.82, 2.24) is 0 Å². The Kier molecular flexibility index (Phi) is 5.35. The first-order valence-electron chi connectivity index (χ1n) is 7.22. The number of carbonyl (C=O) groups is 3. The topological polar surface area (TPSA) is 84.5 Å². The second kappa shape index (κ2) is 7.27. The highest BCUT2D eigenvalue weighted by Crippen LogP contribution is 2.31. The van der Waals surface area contributed by atoms with Crippen molar-refractivity contribution < 1.29 is 19.1 Å². The molecule has 1 heterocycles. The Labute approximate surface area is 143 Å². The molecule has 0 atom stereocenters. The van der Waals surface area contributed by atoms with Crippen LogP contribution in [0.25, 0.3) is 10.4 Å². The van der Waals surface area contributed by atoms with E-state index >= 15 is 0 Å². The molecule has 0 aliphatic carbocycles. The van der Waals surface area contributed by atoms with Crippen molar-refractivity contribution in [3.05, 3.63) is 35.7 Å². The lowest BCUT2D eigenvalue weighted by Gasteiger charge is -2.20. The van der Waals surface area contributed by atoms with E-state index in [1.54, 1.807) is 44.2 Å². The molecule has 0 saturated heterocycles. The van der Waals surface area contributed by atoms with Crippen LogP contribution in [0.3, 0.4) is 0 Å². The summed E-state index contributed by atoms with van der Waals surface area (Å²) in [7, 11) is 0. The van der Waals surface area contributed by atoms with Gasteiger partial charge in [0.2, 0.25) is 6.29 Å². The van der Waals surface area contributed by atoms with Gasteiger partial charge in [-0.3, -0.25) is 14.9 Å². The minimum atomic E-state index is -0.800. The molecular formula is C17H18N2O4S. The molecule has 126 valence electrons. The molecule has 2 aromatic rings. The molecule has 0 unspecified atom stereocenters. The lowest BCUT2D eigenvalue weighted by molar-refractivity contribution is -0.127. The molecule has 6 nitrogen and oxygen atoms in total. The summed E-state index contributed by atoms with van der Waals surface area (Å²) in [4.78, 5) is 35.0. The number of thiophene rings is 1. The maximum Gasteiger partial charge on any atom is 0.412 e. The number of anilines is 2. The van der Waals surface area contributed by atoms with Gasteiger partial charge in [0.15, 0.2) is 0 Å². The first-order valence-corrected chi connectivity index (χ1v) is 8.10. The van der Waals surface area contributed by atoms with Crippen molar-refractivity contribution in [2.45, 2.75) is 26.4 Å². The minimum Gasteiger partial charge on any atom is -0.444 e. The summed E-state index contributed by atoms with van der Waals surface area (Å²) in [5.74, 6) is -0.800. The SMILES string of the molecule is CC(C)(C)OC(=O)Nc1ccc(-c2cccs2)cc1NC(=O)C=O.